The van der Waals surface area contributed by atoms with Crippen LogP contribution in [0.4, 0.5) is 0 Å². The van der Waals surface area contributed by atoms with Gasteiger partial charge in [0.15, 0.2) is 4.88 Å². The van der Waals surface area contributed by atoms with Gasteiger partial charge >= 0.3 is 5.97 Å². The van der Waals surface area contributed by atoms with Crippen LogP contribution >= 0.6 is 22.9 Å². The molecule has 0 saturated heterocycles. The van der Waals surface area contributed by atoms with Gasteiger partial charge in [-0.1, -0.05) is 17.5 Å². The average Bonchev–Trinajstić information content (AvgIpc) is 2.94. The molecule has 16 heavy (non-hydrogen) atoms. The molecule has 2 aromatic heterocycles. The van der Waals surface area contributed by atoms with Crippen LogP contribution in [-0.4, -0.2) is 22.2 Å². The highest BCUT2D eigenvalue weighted by molar-refractivity contribution is 7.14. The molecule has 0 saturated carbocycles. The lowest BCUT2D eigenvalue weighted by Gasteiger charge is -2.00. The van der Waals surface area contributed by atoms with Crippen molar-refractivity contribution in [3.8, 4) is 10.6 Å². The van der Waals surface area contributed by atoms with Crippen molar-refractivity contribution in [2.75, 3.05) is 6.61 Å². The van der Waals surface area contributed by atoms with Crippen LogP contribution in [0.3, 0.4) is 0 Å². The van der Waals surface area contributed by atoms with Gasteiger partial charge < -0.3 is 4.74 Å². The van der Waals surface area contributed by atoms with E-state index >= 15 is 0 Å². The van der Waals surface area contributed by atoms with Crippen molar-refractivity contribution in [2.24, 2.45) is 0 Å². The smallest absolute Gasteiger partial charge is 0.352 e. The molecule has 0 amide bonds. The summed E-state index contributed by atoms with van der Waals surface area (Å²) in [4.78, 5) is 13.1. The molecule has 0 spiro atoms. The SMILES string of the molecule is CCCOC(=O)c1snnc1-c1cccs1. The largest absolute Gasteiger partial charge is 0.461 e. The monoisotopic (exact) mass is 254 g/mol. The summed E-state index contributed by atoms with van der Waals surface area (Å²) in [5.41, 5.74) is 0.626. The summed E-state index contributed by atoms with van der Waals surface area (Å²) in [5, 5.41) is 5.91. The molecule has 2 heterocycles. The topological polar surface area (TPSA) is 52.1 Å². The van der Waals surface area contributed by atoms with Crippen molar-refractivity contribution in [3.05, 3.63) is 22.4 Å². The molecule has 84 valence electrons. The third-order valence-electron chi connectivity index (χ3n) is 1.87. The predicted molar refractivity (Wildman–Crippen MR) is 63.8 cm³/mol. The van der Waals surface area contributed by atoms with Crippen LogP contribution in [0.15, 0.2) is 17.5 Å². The van der Waals surface area contributed by atoms with Gasteiger partial charge in [0.1, 0.15) is 5.69 Å². The van der Waals surface area contributed by atoms with Gasteiger partial charge in [-0.15, -0.1) is 16.4 Å². The van der Waals surface area contributed by atoms with E-state index in [1.807, 2.05) is 24.4 Å². The number of hydrogen-bond donors (Lipinski definition) is 0. The molecule has 0 aromatic carbocycles. The molecule has 4 nitrogen and oxygen atoms in total. The normalized spacial score (nSPS) is 10.3. The van der Waals surface area contributed by atoms with Gasteiger partial charge in [-0.3, -0.25) is 0 Å². The first kappa shape index (κ1) is 11.2. The molecule has 2 rings (SSSR count). The molecule has 0 atom stereocenters. The van der Waals surface area contributed by atoms with Crippen molar-refractivity contribution in [3.63, 3.8) is 0 Å². The number of carbonyl (C=O) groups excluding carboxylic acids is 1. The fraction of sp³-hybridized carbons (Fsp3) is 0.300. The third kappa shape index (κ3) is 2.28. The lowest BCUT2D eigenvalue weighted by molar-refractivity contribution is 0.0511. The lowest BCUT2D eigenvalue weighted by atomic mass is 10.3. The first-order valence-corrected chi connectivity index (χ1v) is 6.51. The zero-order valence-electron chi connectivity index (χ0n) is 8.67. The minimum atomic E-state index is -0.333. The Labute approximate surface area is 101 Å². The van der Waals surface area contributed by atoms with Gasteiger partial charge in [0, 0.05) is 0 Å². The van der Waals surface area contributed by atoms with Crippen molar-refractivity contribution < 1.29 is 9.53 Å². The molecule has 0 fully saturated rings. The maximum Gasteiger partial charge on any atom is 0.352 e. The number of carbonyl (C=O) groups is 1. The van der Waals surface area contributed by atoms with Gasteiger partial charge in [-0.25, -0.2) is 4.79 Å². The van der Waals surface area contributed by atoms with Crippen LogP contribution in [0, 0.1) is 0 Å². The first-order valence-electron chi connectivity index (χ1n) is 4.86. The number of aromatic nitrogens is 2. The van der Waals surface area contributed by atoms with Crippen LogP contribution < -0.4 is 0 Å². The predicted octanol–water partition coefficient (Wildman–Crippen LogP) is 2.83. The Bertz CT molecular complexity index is 465. The Morgan fingerprint density at radius 1 is 1.56 bits per heavy atom. The molecular formula is C10H10N2O2S2. The summed E-state index contributed by atoms with van der Waals surface area (Å²) in [6.07, 6.45) is 0.812. The quantitative estimate of drug-likeness (QED) is 0.787. The molecule has 0 aliphatic rings. The van der Waals surface area contributed by atoms with E-state index in [0.717, 1.165) is 22.8 Å². The number of thiophene rings is 1. The molecule has 0 unspecified atom stereocenters. The summed E-state index contributed by atoms with van der Waals surface area (Å²) in [6.45, 7) is 2.39. The summed E-state index contributed by atoms with van der Waals surface area (Å²) >= 11 is 2.61. The number of rotatable bonds is 4. The van der Waals surface area contributed by atoms with Crippen LogP contribution in [0.2, 0.25) is 0 Å². The van der Waals surface area contributed by atoms with Gasteiger partial charge in [0.2, 0.25) is 0 Å². The Kier molecular flexibility index (Phi) is 3.63. The molecule has 0 N–H and O–H groups in total. The highest BCUT2D eigenvalue weighted by Gasteiger charge is 2.19. The maximum absolute atomic E-state index is 11.7. The Morgan fingerprint density at radius 2 is 2.44 bits per heavy atom. The van der Waals surface area contributed by atoms with Gasteiger partial charge in [-0.05, 0) is 29.4 Å². The van der Waals surface area contributed by atoms with Crippen molar-refractivity contribution in [1.82, 2.24) is 9.59 Å². The summed E-state index contributed by atoms with van der Waals surface area (Å²) in [7, 11) is 0. The van der Waals surface area contributed by atoms with Crippen LogP contribution in [0.25, 0.3) is 10.6 Å². The molecule has 0 radical (unpaired) electrons. The van der Waals surface area contributed by atoms with E-state index < -0.39 is 0 Å². The standard InChI is InChI=1S/C10H10N2O2S2/c1-2-5-14-10(13)9-8(11-12-16-9)7-4-3-6-15-7/h3-4,6H,2,5H2,1H3. The molecule has 0 bridgehead atoms. The van der Waals surface area contributed by atoms with E-state index in [-0.39, 0.29) is 5.97 Å². The minimum absolute atomic E-state index is 0.333. The van der Waals surface area contributed by atoms with Gasteiger partial charge in [-0.2, -0.15) is 0 Å². The average molecular weight is 254 g/mol. The Morgan fingerprint density at radius 3 is 3.12 bits per heavy atom. The van der Waals surface area contributed by atoms with Crippen molar-refractivity contribution >= 4 is 28.8 Å². The molecular weight excluding hydrogens is 244 g/mol. The van der Waals surface area contributed by atoms with E-state index in [2.05, 4.69) is 9.59 Å². The number of hydrogen-bond acceptors (Lipinski definition) is 6. The summed E-state index contributed by atoms with van der Waals surface area (Å²) < 4.78 is 8.88. The molecule has 2 aromatic rings. The minimum Gasteiger partial charge on any atom is -0.461 e. The second-order valence-electron chi connectivity index (χ2n) is 3.06. The zero-order valence-corrected chi connectivity index (χ0v) is 10.3. The first-order chi connectivity index (χ1) is 7.83. The second kappa shape index (κ2) is 5.18. The number of ether oxygens (including phenoxy) is 1. The lowest BCUT2D eigenvalue weighted by Crippen LogP contribution is -2.05. The van der Waals surface area contributed by atoms with Crippen molar-refractivity contribution in [1.29, 1.82) is 0 Å². The van der Waals surface area contributed by atoms with E-state index in [1.165, 1.54) is 11.3 Å². The van der Waals surface area contributed by atoms with Gasteiger partial charge in [0.05, 0.1) is 11.5 Å². The summed E-state index contributed by atoms with van der Waals surface area (Å²) in [6, 6.07) is 3.83. The number of nitrogens with zero attached hydrogens (tertiary/aromatic N) is 2. The second-order valence-corrected chi connectivity index (χ2v) is 4.77. The van der Waals surface area contributed by atoms with Crippen molar-refractivity contribution in [2.45, 2.75) is 13.3 Å². The highest BCUT2D eigenvalue weighted by atomic mass is 32.1. The zero-order chi connectivity index (χ0) is 11.4. The fourth-order valence-electron chi connectivity index (χ4n) is 1.16. The van der Waals surface area contributed by atoms with E-state index in [0.29, 0.717) is 17.2 Å². The third-order valence-corrected chi connectivity index (χ3v) is 3.45. The fourth-order valence-corrected chi connectivity index (χ4v) is 2.51. The van der Waals surface area contributed by atoms with E-state index in [1.54, 1.807) is 0 Å². The maximum atomic E-state index is 11.7. The molecule has 0 aliphatic heterocycles. The Balaban J connectivity index is 2.23. The highest BCUT2D eigenvalue weighted by Crippen LogP contribution is 2.28. The molecule has 0 aliphatic carbocycles. The number of esters is 1. The van der Waals surface area contributed by atoms with Crippen LogP contribution in [-0.2, 0) is 4.74 Å². The van der Waals surface area contributed by atoms with Gasteiger partial charge in [0.25, 0.3) is 0 Å². The van der Waals surface area contributed by atoms with Crippen LogP contribution in [0.1, 0.15) is 23.0 Å². The summed E-state index contributed by atoms with van der Waals surface area (Å²) in [5.74, 6) is -0.333. The molecule has 6 heteroatoms. The van der Waals surface area contributed by atoms with E-state index in [9.17, 15) is 4.79 Å². The Hall–Kier alpha value is -1.27. The van der Waals surface area contributed by atoms with Crippen LogP contribution in [0.5, 0.6) is 0 Å². The van der Waals surface area contributed by atoms with E-state index in [4.69, 9.17) is 4.74 Å².